The van der Waals surface area contributed by atoms with Gasteiger partial charge in [0.25, 0.3) is 5.91 Å². The number of halogens is 2. The molecule has 2 N–H and O–H groups in total. The molecular formula is C21H15ClFN3O4S. The number of anilines is 2. The predicted octanol–water partition coefficient (Wildman–Crippen LogP) is 4.59. The lowest BCUT2D eigenvalue weighted by molar-refractivity contribution is -0.113. The quantitative estimate of drug-likeness (QED) is 0.524. The number of pyridine rings is 1. The Labute approximate surface area is 185 Å². The number of nitrogens with one attached hydrogen (secondary N) is 2. The van der Waals surface area contributed by atoms with Crippen LogP contribution in [0.25, 0.3) is 0 Å². The normalized spacial score (nSPS) is 11.8. The molecule has 158 valence electrons. The molecule has 7 nitrogen and oxygen atoms in total. The summed E-state index contributed by atoms with van der Waals surface area (Å²) in [5.74, 6) is -0.0357. The first-order valence-corrected chi connectivity index (χ1v) is 10.4. The van der Waals surface area contributed by atoms with Gasteiger partial charge in [-0.25, -0.2) is 9.37 Å². The van der Waals surface area contributed by atoms with E-state index in [1.165, 1.54) is 18.3 Å². The van der Waals surface area contributed by atoms with Gasteiger partial charge in [0.1, 0.15) is 10.8 Å². The molecule has 31 heavy (non-hydrogen) atoms. The van der Waals surface area contributed by atoms with Crippen LogP contribution in [0, 0.1) is 5.82 Å². The summed E-state index contributed by atoms with van der Waals surface area (Å²) in [6.45, 7) is 0.149. The van der Waals surface area contributed by atoms with Crippen molar-refractivity contribution >= 4 is 46.6 Å². The molecule has 4 rings (SSSR count). The van der Waals surface area contributed by atoms with Crippen LogP contribution in [0.2, 0.25) is 5.02 Å². The lowest BCUT2D eigenvalue weighted by Gasteiger charge is -2.10. The first-order chi connectivity index (χ1) is 15.0. The summed E-state index contributed by atoms with van der Waals surface area (Å²) < 4.78 is 23.7. The summed E-state index contributed by atoms with van der Waals surface area (Å²) in [7, 11) is 0. The average molecular weight is 460 g/mol. The van der Waals surface area contributed by atoms with Crippen molar-refractivity contribution in [2.45, 2.75) is 5.03 Å². The molecule has 1 aliphatic heterocycles. The number of rotatable bonds is 6. The van der Waals surface area contributed by atoms with Gasteiger partial charge in [-0.15, -0.1) is 0 Å². The molecule has 0 saturated carbocycles. The SMILES string of the molecule is O=C(CSc1ncccc1C(=O)Nc1ccc(F)cc1Cl)Nc1ccc2c(c1)OCO2. The number of nitrogens with zero attached hydrogens (tertiary/aromatic N) is 1. The van der Waals surface area contributed by atoms with Crippen LogP contribution in [0.1, 0.15) is 10.4 Å². The van der Waals surface area contributed by atoms with Crippen LogP contribution in [0.15, 0.2) is 59.8 Å². The zero-order valence-electron chi connectivity index (χ0n) is 15.9. The summed E-state index contributed by atoms with van der Waals surface area (Å²) in [6.07, 6.45) is 1.53. The van der Waals surface area contributed by atoms with Gasteiger partial charge < -0.3 is 20.1 Å². The van der Waals surface area contributed by atoms with Crippen molar-refractivity contribution in [2.24, 2.45) is 0 Å². The van der Waals surface area contributed by atoms with Crippen LogP contribution in [0.3, 0.4) is 0 Å². The number of aromatic nitrogens is 1. The first-order valence-electron chi connectivity index (χ1n) is 9.03. The van der Waals surface area contributed by atoms with Gasteiger partial charge in [0, 0.05) is 18.0 Å². The number of fused-ring (bicyclic) bond motifs is 1. The summed E-state index contributed by atoms with van der Waals surface area (Å²) in [6, 6.07) is 12.0. The highest BCUT2D eigenvalue weighted by Gasteiger charge is 2.17. The fraction of sp³-hybridized carbons (Fsp3) is 0.0952. The summed E-state index contributed by atoms with van der Waals surface area (Å²) >= 11 is 7.08. The zero-order valence-corrected chi connectivity index (χ0v) is 17.4. The van der Waals surface area contributed by atoms with Gasteiger partial charge in [-0.05, 0) is 42.5 Å². The van der Waals surface area contributed by atoms with Crippen molar-refractivity contribution in [2.75, 3.05) is 23.2 Å². The lowest BCUT2D eigenvalue weighted by atomic mass is 10.2. The largest absolute Gasteiger partial charge is 0.454 e. The molecule has 0 atom stereocenters. The molecule has 0 fully saturated rings. The minimum absolute atomic E-state index is 0.0308. The fourth-order valence-corrected chi connectivity index (χ4v) is 3.77. The minimum Gasteiger partial charge on any atom is -0.454 e. The second-order valence-corrected chi connectivity index (χ2v) is 7.71. The van der Waals surface area contributed by atoms with E-state index in [9.17, 15) is 14.0 Å². The molecular weight excluding hydrogens is 445 g/mol. The molecule has 0 radical (unpaired) electrons. The molecule has 0 bridgehead atoms. The monoisotopic (exact) mass is 459 g/mol. The molecule has 1 aromatic heterocycles. The maximum Gasteiger partial charge on any atom is 0.258 e. The topological polar surface area (TPSA) is 89.6 Å². The molecule has 0 spiro atoms. The molecule has 0 aliphatic carbocycles. The Balaban J connectivity index is 1.40. The van der Waals surface area contributed by atoms with Gasteiger partial charge in [0.05, 0.1) is 22.0 Å². The number of hydrogen-bond acceptors (Lipinski definition) is 6. The average Bonchev–Trinajstić information content (AvgIpc) is 3.22. The third kappa shape index (κ3) is 5.07. The van der Waals surface area contributed by atoms with Crippen molar-refractivity contribution in [3.8, 4) is 11.5 Å². The van der Waals surface area contributed by atoms with Gasteiger partial charge >= 0.3 is 0 Å². The van der Waals surface area contributed by atoms with Crippen LogP contribution in [-0.2, 0) is 4.79 Å². The third-order valence-corrected chi connectivity index (χ3v) is 5.51. The summed E-state index contributed by atoms with van der Waals surface area (Å²) in [4.78, 5) is 29.2. The van der Waals surface area contributed by atoms with E-state index in [0.717, 1.165) is 17.8 Å². The van der Waals surface area contributed by atoms with Crippen LogP contribution in [0.4, 0.5) is 15.8 Å². The molecule has 2 heterocycles. The lowest BCUT2D eigenvalue weighted by Crippen LogP contribution is -2.16. The van der Waals surface area contributed by atoms with E-state index < -0.39 is 11.7 Å². The molecule has 10 heteroatoms. The molecule has 2 amide bonds. The second-order valence-electron chi connectivity index (χ2n) is 6.34. The van der Waals surface area contributed by atoms with E-state index in [1.807, 2.05) is 0 Å². The molecule has 0 unspecified atom stereocenters. The van der Waals surface area contributed by atoms with Crippen molar-refractivity contribution < 1.29 is 23.5 Å². The minimum atomic E-state index is -0.505. The van der Waals surface area contributed by atoms with Gasteiger partial charge in [0.15, 0.2) is 11.5 Å². The Bertz CT molecular complexity index is 1160. The van der Waals surface area contributed by atoms with Crippen LogP contribution < -0.4 is 20.1 Å². The Hall–Kier alpha value is -3.30. The van der Waals surface area contributed by atoms with E-state index in [0.29, 0.717) is 22.2 Å². The standard InChI is InChI=1S/C21H15ClFN3O4S/c22-15-8-12(23)3-5-16(15)26-20(28)14-2-1-7-24-21(14)31-10-19(27)25-13-4-6-17-18(9-13)30-11-29-17/h1-9H,10-11H2,(H,25,27)(H,26,28). The molecule has 1 aliphatic rings. The third-order valence-electron chi connectivity index (χ3n) is 4.19. The number of carbonyl (C=O) groups is 2. The predicted molar refractivity (Wildman–Crippen MR) is 116 cm³/mol. The van der Waals surface area contributed by atoms with Gasteiger partial charge in [-0.2, -0.15) is 0 Å². The maximum absolute atomic E-state index is 13.2. The van der Waals surface area contributed by atoms with E-state index in [-0.39, 0.29) is 34.7 Å². The number of carbonyl (C=O) groups excluding carboxylic acids is 2. The second kappa shape index (κ2) is 9.23. The van der Waals surface area contributed by atoms with Gasteiger partial charge in [-0.1, -0.05) is 23.4 Å². The highest BCUT2D eigenvalue weighted by Crippen LogP contribution is 2.34. The number of hydrogen-bond donors (Lipinski definition) is 2. The highest BCUT2D eigenvalue weighted by atomic mass is 35.5. The number of thioether (sulfide) groups is 1. The van der Waals surface area contributed by atoms with Crippen molar-refractivity contribution in [3.05, 3.63) is 71.1 Å². The smallest absolute Gasteiger partial charge is 0.258 e. The van der Waals surface area contributed by atoms with Crippen LogP contribution >= 0.6 is 23.4 Å². The van der Waals surface area contributed by atoms with E-state index in [2.05, 4.69) is 15.6 Å². The van der Waals surface area contributed by atoms with E-state index in [1.54, 1.807) is 30.3 Å². The Morgan fingerprint density at radius 2 is 1.94 bits per heavy atom. The van der Waals surface area contributed by atoms with Gasteiger partial charge in [-0.3, -0.25) is 9.59 Å². The molecule has 2 aromatic carbocycles. The highest BCUT2D eigenvalue weighted by molar-refractivity contribution is 8.00. The van der Waals surface area contributed by atoms with Crippen LogP contribution in [0.5, 0.6) is 11.5 Å². The zero-order chi connectivity index (χ0) is 21.8. The van der Waals surface area contributed by atoms with Crippen molar-refractivity contribution in [3.63, 3.8) is 0 Å². The number of amides is 2. The Kier molecular flexibility index (Phi) is 6.24. The molecule has 3 aromatic rings. The van der Waals surface area contributed by atoms with Crippen molar-refractivity contribution in [1.82, 2.24) is 4.98 Å². The maximum atomic E-state index is 13.2. The van der Waals surface area contributed by atoms with E-state index >= 15 is 0 Å². The number of ether oxygens (including phenoxy) is 2. The Morgan fingerprint density at radius 1 is 1.10 bits per heavy atom. The van der Waals surface area contributed by atoms with Crippen molar-refractivity contribution in [1.29, 1.82) is 0 Å². The number of benzene rings is 2. The first kappa shape index (κ1) is 21.0. The van der Waals surface area contributed by atoms with Gasteiger partial charge in [0.2, 0.25) is 12.7 Å². The summed E-state index contributed by atoms with van der Waals surface area (Å²) in [5, 5.41) is 5.85. The van der Waals surface area contributed by atoms with Crippen LogP contribution in [-0.4, -0.2) is 29.3 Å². The molecule has 0 saturated heterocycles. The van der Waals surface area contributed by atoms with E-state index in [4.69, 9.17) is 21.1 Å². The summed E-state index contributed by atoms with van der Waals surface area (Å²) in [5.41, 5.74) is 1.11. The fourth-order valence-electron chi connectivity index (χ4n) is 2.76. The Morgan fingerprint density at radius 3 is 2.77 bits per heavy atom.